The molecule has 0 aliphatic heterocycles. The van der Waals surface area contributed by atoms with E-state index in [1.165, 1.54) is 0 Å². The summed E-state index contributed by atoms with van der Waals surface area (Å²) in [7, 11) is 1.70. The summed E-state index contributed by atoms with van der Waals surface area (Å²) in [6.45, 7) is 4.15. The Labute approximate surface area is 147 Å². The largest absolute Gasteiger partial charge is 0.393 e. The van der Waals surface area contributed by atoms with Crippen LogP contribution in [-0.4, -0.2) is 45.9 Å². The van der Waals surface area contributed by atoms with Crippen LogP contribution in [0.15, 0.2) is 22.7 Å². The van der Waals surface area contributed by atoms with Crippen molar-refractivity contribution >= 4 is 11.7 Å². The second-order valence-corrected chi connectivity index (χ2v) is 6.77. The molecule has 0 spiro atoms. The number of hydrogen-bond donors (Lipinski definition) is 2. The fraction of sp³-hybridized carbons (Fsp3) is 0.500. The highest BCUT2D eigenvalue weighted by Gasteiger charge is 2.29. The van der Waals surface area contributed by atoms with E-state index >= 15 is 0 Å². The first kappa shape index (κ1) is 17.4. The SMILES string of the molecule is Cc1ccc(NC(=O)N(C)CCC(C)O)c(-c2nc(C3CC3)no2)c1. The maximum absolute atomic E-state index is 12.4. The summed E-state index contributed by atoms with van der Waals surface area (Å²) in [4.78, 5) is 18.4. The van der Waals surface area contributed by atoms with Crippen molar-refractivity contribution in [2.24, 2.45) is 0 Å². The number of aromatic nitrogens is 2. The molecule has 0 radical (unpaired) electrons. The molecule has 7 heteroatoms. The molecule has 1 fully saturated rings. The van der Waals surface area contributed by atoms with Crippen LogP contribution in [0.25, 0.3) is 11.5 Å². The van der Waals surface area contributed by atoms with Crippen LogP contribution < -0.4 is 5.32 Å². The number of hydrogen-bond acceptors (Lipinski definition) is 5. The fourth-order valence-corrected chi connectivity index (χ4v) is 2.49. The van der Waals surface area contributed by atoms with Gasteiger partial charge in [0, 0.05) is 19.5 Å². The third-order valence-electron chi connectivity index (χ3n) is 4.26. The van der Waals surface area contributed by atoms with Gasteiger partial charge in [0.05, 0.1) is 17.4 Å². The molecule has 3 rings (SSSR count). The fourth-order valence-electron chi connectivity index (χ4n) is 2.49. The molecular weight excluding hydrogens is 320 g/mol. The van der Waals surface area contributed by atoms with Crippen molar-refractivity contribution < 1.29 is 14.4 Å². The number of nitrogens with one attached hydrogen (secondary N) is 1. The Kier molecular flexibility index (Phi) is 5.03. The van der Waals surface area contributed by atoms with Crippen LogP contribution in [0.3, 0.4) is 0 Å². The van der Waals surface area contributed by atoms with E-state index in [4.69, 9.17) is 4.52 Å². The summed E-state index contributed by atoms with van der Waals surface area (Å²) in [5.74, 6) is 1.57. The average Bonchev–Trinajstić information content (AvgIpc) is 3.31. The molecule has 1 heterocycles. The van der Waals surface area contributed by atoms with Crippen molar-refractivity contribution in [3.63, 3.8) is 0 Å². The van der Waals surface area contributed by atoms with Crippen molar-refractivity contribution in [3.8, 4) is 11.5 Å². The van der Waals surface area contributed by atoms with E-state index in [0.717, 1.165) is 29.8 Å². The molecule has 2 aromatic rings. The zero-order valence-corrected chi connectivity index (χ0v) is 14.8. The van der Waals surface area contributed by atoms with Crippen LogP contribution in [0.1, 0.15) is 43.5 Å². The number of urea groups is 1. The number of aryl methyl sites for hydroxylation is 1. The quantitative estimate of drug-likeness (QED) is 0.840. The molecule has 1 unspecified atom stereocenters. The molecular formula is C18H24N4O3. The molecule has 1 aromatic heterocycles. The van der Waals surface area contributed by atoms with E-state index in [2.05, 4.69) is 15.5 Å². The highest BCUT2D eigenvalue weighted by atomic mass is 16.5. The standard InChI is InChI=1S/C18H24N4O3/c1-11-4-7-15(19-18(24)22(3)9-8-12(2)23)14(10-11)17-20-16(21-25-17)13-5-6-13/h4,7,10,12-13,23H,5-6,8-9H2,1-3H3,(H,19,24). The number of aliphatic hydroxyl groups excluding tert-OH is 1. The summed E-state index contributed by atoms with van der Waals surface area (Å²) >= 11 is 0. The van der Waals surface area contributed by atoms with Crippen molar-refractivity contribution in [2.75, 3.05) is 18.9 Å². The smallest absolute Gasteiger partial charge is 0.321 e. The molecule has 2 N–H and O–H groups in total. The van der Waals surface area contributed by atoms with Gasteiger partial charge in [-0.15, -0.1) is 0 Å². The monoisotopic (exact) mass is 344 g/mol. The molecule has 1 saturated carbocycles. The average molecular weight is 344 g/mol. The molecule has 134 valence electrons. The van der Waals surface area contributed by atoms with Crippen LogP contribution in [-0.2, 0) is 0 Å². The van der Waals surface area contributed by atoms with Crippen molar-refractivity contribution in [1.82, 2.24) is 15.0 Å². The number of amides is 2. The van der Waals surface area contributed by atoms with Crippen LogP contribution in [0, 0.1) is 6.92 Å². The predicted molar refractivity (Wildman–Crippen MR) is 94.4 cm³/mol. The first-order chi connectivity index (χ1) is 11.9. The van der Waals surface area contributed by atoms with Crippen LogP contribution >= 0.6 is 0 Å². The summed E-state index contributed by atoms with van der Waals surface area (Å²) < 4.78 is 5.41. The van der Waals surface area contributed by atoms with Gasteiger partial charge in [-0.25, -0.2) is 4.79 Å². The van der Waals surface area contributed by atoms with Gasteiger partial charge in [-0.1, -0.05) is 16.8 Å². The topological polar surface area (TPSA) is 91.5 Å². The van der Waals surface area contributed by atoms with E-state index in [1.807, 2.05) is 25.1 Å². The summed E-state index contributed by atoms with van der Waals surface area (Å²) in [6.07, 6.45) is 2.29. The highest BCUT2D eigenvalue weighted by molar-refractivity contribution is 5.93. The van der Waals surface area contributed by atoms with E-state index < -0.39 is 6.10 Å². The van der Waals surface area contributed by atoms with Gasteiger partial charge in [0.2, 0.25) is 0 Å². The Morgan fingerprint density at radius 1 is 1.48 bits per heavy atom. The van der Waals surface area contributed by atoms with Crippen molar-refractivity contribution in [2.45, 2.75) is 45.1 Å². The molecule has 1 atom stereocenters. The van der Waals surface area contributed by atoms with Gasteiger partial charge >= 0.3 is 6.03 Å². The third kappa shape index (κ3) is 4.36. The van der Waals surface area contributed by atoms with E-state index in [9.17, 15) is 9.90 Å². The Balaban J connectivity index is 1.77. The van der Waals surface area contributed by atoms with Gasteiger partial charge in [-0.05, 0) is 45.2 Å². The number of aliphatic hydroxyl groups is 1. The maximum atomic E-state index is 12.4. The number of anilines is 1. The normalized spacial score (nSPS) is 15.0. The van der Waals surface area contributed by atoms with Gasteiger partial charge in [-0.3, -0.25) is 0 Å². The molecule has 2 amide bonds. The number of nitrogens with zero attached hydrogens (tertiary/aromatic N) is 3. The summed E-state index contributed by atoms with van der Waals surface area (Å²) in [6, 6.07) is 5.45. The molecule has 1 aliphatic rings. The van der Waals surface area contributed by atoms with Gasteiger partial charge in [0.25, 0.3) is 5.89 Å². The van der Waals surface area contributed by atoms with Gasteiger partial charge in [0.15, 0.2) is 5.82 Å². The first-order valence-corrected chi connectivity index (χ1v) is 8.59. The lowest BCUT2D eigenvalue weighted by molar-refractivity contribution is 0.167. The van der Waals surface area contributed by atoms with Crippen molar-refractivity contribution in [1.29, 1.82) is 0 Å². The highest BCUT2D eigenvalue weighted by Crippen LogP contribution is 2.39. The van der Waals surface area contributed by atoms with Gasteiger partial charge in [0.1, 0.15) is 0 Å². The molecule has 1 aromatic carbocycles. The van der Waals surface area contributed by atoms with Crippen LogP contribution in [0.4, 0.5) is 10.5 Å². The molecule has 25 heavy (non-hydrogen) atoms. The maximum Gasteiger partial charge on any atom is 0.321 e. The minimum atomic E-state index is -0.440. The predicted octanol–water partition coefficient (Wildman–Crippen LogP) is 3.16. The molecule has 7 nitrogen and oxygen atoms in total. The van der Waals surface area contributed by atoms with Gasteiger partial charge in [-0.2, -0.15) is 4.98 Å². The molecule has 0 bridgehead atoms. The Morgan fingerprint density at radius 2 is 2.24 bits per heavy atom. The van der Waals surface area contributed by atoms with E-state index in [-0.39, 0.29) is 6.03 Å². The number of carbonyl (C=O) groups is 1. The lowest BCUT2D eigenvalue weighted by atomic mass is 10.1. The summed E-state index contributed by atoms with van der Waals surface area (Å²) in [5.41, 5.74) is 2.39. The minimum absolute atomic E-state index is 0.243. The van der Waals surface area contributed by atoms with Crippen LogP contribution in [0.5, 0.6) is 0 Å². The Morgan fingerprint density at radius 3 is 2.92 bits per heavy atom. The Bertz CT molecular complexity index is 753. The van der Waals surface area contributed by atoms with Gasteiger partial charge < -0.3 is 19.8 Å². The molecule has 0 saturated heterocycles. The Hall–Kier alpha value is -2.41. The van der Waals surface area contributed by atoms with Crippen LogP contribution in [0.2, 0.25) is 0 Å². The summed E-state index contributed by atoms with van der Waals surface area (Å²) in [5, 5.41) is 16.3. The third-order valence-corrected chi connectivity index (χ3v) is 4.26. The number of carbonyl (C=O) groups excluding carboxylic acids is 1. The van der Waals surface area contributed by atoms with E-state index in [0.29, 0.717) is 30.5 Å². The second-order valence-electron chi connectivity index (χ2n) is 6.77. The van der Waals surface area contributed by atoms with Crippen molar-refractivity contribution in [3.05, 3.63) is 29.6 Å². The lowest BCUT2D eigenvalue weighted by Crippen LogP contribution is -2.33. The first-order valence-electron chi connectivity index (χ1n) is 8.59. The second kappa shape index (κ2) is 7.23. The minimum Gasteiger partial charge on any atom is -0.393 e. The zero-order chi connectivity index (χ0) is 18.0. The number of benzene rings is 1. The molecule has 1 aliphatic carbocycles. The zero-order valence-electron chi connectivity index (χ0n) is 14.8. The lowest BCUT2D eigenvalue weighted by Gasteiger charge is -2.19. The number of rotatable bonds is 6. The van der Waals surface area contributed by atoms with E-state index in [1.54, 1.807) is 18.9 Å².